The second-order valence-corrected chi connectivity index (χ2v) is 7.42. The van der Waals surface area contributed by atoms with Gasteiger partial charge in [-0.3, -0.25) is 9.59 Å². The van der Waals surface area contributed by atoms with Gasteiger partial charge in [0.1, 0.15) is 19.0 Å². The number of nitrogens with zero attached hydrogens (tertiary/aromatic N) is 1. The third-order valence-electron chi connectivity index (χ3n) is 4.78. The van der Waals surface area contributed by atoms with E-state index in [0.717, 1.165) is 11.1 Å². The number of aromatic nitrogens is 2. The van der Waals surface area contributed by atoms with E-state index in [1.165, 1.54) is 0 Å². The smallest absolute Gasteiger partial charge is 0.258 e. The summed E-state index contributed by atoms with van der Waals surface area (Å²) >= 11 is 6.00. The predicted molar refractivity (Wildman–Crippen MR) is 120 cm³/mol. The summed E-state index contributed by atoms with van der Waals surface area (Å²) in [4.78, 5) is 31.8. The van der Waals surface area contributed by atoms with Crippen molar-refractivity contribution in [3.8, 4) is 0 Å². The van der Waals surface area contributed by atoms with Gasteiger partial charge < -0.3 is 15.0 Å². The maximum Gasteiger partial charge on any atom is 0.258 e. The van der Waals surface area contributed by atoms with Crippen LogP contribution in [-0.4, -0.2) is 22.5 Å². The van der Waals surface area contributed by atoms with E-state index in [4.69, 9.17) is 16.3 Å². The van der Waals surface area contributed by atoms with Crippen molar-refractivity contribution in [2.24, 2.45) is 0 Å². The summed E-state index contributed by atoms with van der Waals surface area (Å²) in [5, 5.41) is 4.14. The van der Waals surface area contributed by atoms with Crippen LogP contribution < -0.4 is 10.9 Å². The molecule has 3 aromatic carbocycles. The molecule has 4 rings (SSSR count). The van der Waals surface area contributed by atoms with Crippen LogP contribution in [0, 0.1) is 0 Å². The Morgan fingerprint density at radius 3 is 2.42 bits per heavy atom. The van der Waals surface area contributed by atoms with Gasteiger partial charge in [-0.1, -0.05) is 66.2 Å². The summed E-state index contributed by atoms with van der Waals surface area (Å²) in [6, 6.07) is 23.7. The number of rotatable bonds is 7. The van der Waals surface area contributed by atoms with Crippen LogP contribution in [0.25, 0.3) is 10.9 Å². The molecule has 1 heterocycles. The fourth-order valence-electron chi connectivity index (χ4n) is 3.31. The standard InChI is InChI=1S/C24H20ClN3O3/c25-18-12-10-17(11-13-18)23(16-6-2-1-3-7-16)28-22(29)15-31-14-21-26-20-9-5-4-8-19(20)24(30)27-21/h1-13,23H,14-15H2,(H,28,29)(H,26,27,30)/t23-/m1/s1. The molecular formula is C24H20ClN3O3. The third-order valence-corrected chi connectivity index (χ3v) is 5.03. The molecule has 31 heavy (non-hydrogen) atoms. The molecule has 0 aliphatic carbocycles. The Balaban J connectivity index is 1.42. The maximum absolute atomic E-state index is 12.6. The Kier molecular flexibility index (Phi) is 6.40. The first-order chi connectivity index (χ1) is 15.1. The molecule has 0 aliphatic heterocycles. The van der Waals surface area contributed by atoms with Gasteiger partial charge in [-0.2, -0.15) is 0 Å². The molecule has 0 radical (unpaired) electrons. The quantitative estimate of drug-likeness (QED) is 0.461. The molecule has 0 aliphatic rings. The summed E-state index contributed by atoms with van der Waals surface area (Å²) in [5.74, 6) is 0.0840. The average Bonchev–Trinajstić information content (AvgIpc) is 2.79. The largest absolute Gasteiger partial charge is 0.364 e. The lowest BCUT2D eigenvalue weighted by Gasteiger charge is -2.20. The lowest BCUT2D eigenvalue weighted by molar-refractivity contribution is -0.126. The number of para-hydroxylation sites is 1. The first kappa shape index (κ1) is 20.8. The van der Waals surface area contributed by atoms with Crippen LogP contribution in [0.5, 0.6) is 0 Å². The van der Waals surface area contributed by atoms with E-state index >= 15 is 0 Å². The highest BCUT2D eigenvalue weighted by Crippen LogP contribution is 2.23. The number of H-pyrrole nitrogens is 1. The van der Waals surface area contributed by atoms with Crippen LogP contribution in [0.2, 0.25) is 5.02 Å². The molecule has 0 saturated heterocycles. The molecule has 7 heteroatoms. The summed E-state index contributed by atoms with van der Waals surface area (Å²) in [6.07, 6.45) is 0. The van der Waals surface area contributed by atoms with E-state index in [0.29, 0.717) is 21.7 Å². The Morgan fingerprint density at radius 2 is 1.65 bits per heavy atom. The van der Waals surface area contributed by atoms with Crippen molar-refractivity contribution in [1.29, 1.82) is 0 Å². The summed E-state index contributed by atoms with van der Waals surface area (Å²) in [5.41, 5.74) is 2.20. The van der Waals surface area contributed by atoms with Crippen molar-refractivity contribution >= 4 is 28.4 Å². The zero-order valence-corrected chi connectivity index (χ0v) is 17.3. The Morgan fingerprint density at radius 1 is 0.968 bits per heavy atom. The Labute approximate surface area is 183 Å². The molecule has 2 N–H and O–H groups in total. The second kappa shape index (κ2) is 9.55. The van der Waals surface area contributed by atoms with Crippen LogP contribution in [0.1, 0.15) is 23.0 Å². The number of ether oxygens (including phenoxy) is 1. The molecule has 156 valence electrons. The van der Waals surface area contributed by atoms with Crippen molar-refractivity contribution < 1.29 is 9.53 Å². The molecule has 0 spiro atoms. The maximum atomic E-state index is 12.6. The van der Waals surface area contributed by atoms with Gasteiger partial charge >= 0.3 is 0 Å². The van der Waals surface area contributed by atoms with Gasteiger partial charge in [0, 0.05) is 5.02 Å². The fourth-order valence-corrected chi connectivity index (χ4v) is 3.43. The number of carbonyl (C=O) groups excluding carboxylic acids is 1. The highest BCUT2D eigenvalue weighted by Gasteiger charge is 2.17. The van der Waals surface area contributed by atoms with Crippen molar-refractivity contribution in [1.82, 2.24) is 15.3 Å². The minimum absolute atomic E-state index is 0.0183. The van der Waals surface area contributed by atoms with Crippen LogP contribution in [-0.2, 0) is 16.1 Å². The third kappa shape index (κ3) is 5.17. The van der Waals surface area contributed by atoms with Crippen molar-refractivity contribution in [3.63, 3.8) is 0 Å². The zero-order valence-electron chi connectivity index (χ0n) is 16.5. The van der Waals surface area contributed by atoms with Gasteiger partial charge in [-0.05, 0) is 35.4 Å². The molecule has 1 atom stereocenters. The van der Waals surface area contributed by atoms with Crippen LogP contribution >= 0.6 is 11.6 Å². The molecule has 4 aromatic rings. The van der Waals surface area contributed by atoms with Crippen molar-refractivity contribution in [2.45, 2.75) is 12.6 Å². The van der Waals surface area contributed by atoms with Crippen LogP contribution in [0.3, 0.4) is 0 Å². The number of nitrogens with one attached hydrogen (secondary N) is 2. The highest BCUT2D eigenvalue weighted by molar-refractivity contribution is 6.30. The minimum Gasteiger partial charge on any atom is -0.364 e. The molecule has 0 saturated carbocycles. The lowest BCUT2D eigenvalue weighted by atomic mass is 9.99. The van der Waals surface area contributed by atoms with E-state index in [-0.39, 0.29) is 30.7 Å². The van der Waals surface area contributed by atoms with Gasteiger partial charge in [-0.15, -0.1) is 0 Å². The number of fused-ring (bicyclic) bond motifs is 1. The number of halogens is 1. The number of hydrogen-bond donors (Lipinski definition) is 2. The second-order valence-electron chi connectivity index (χ2n) is 6.99. The van der Waals surface area contributed by atoms with Gasteiger partial charge in [0.15, 0.2) is 0 Å². The van der Waals surface area contributed by atoms with E-state index in [1.54, 1.807) is 30.3 Å². The minimum atomic E-state index is -0.340. The van der Waals surface area contributed by atoms with E-state index < -0.39 is 0 Å². The normalized spacial score (nSPS) is 11.9. The first-order valence-electron chi connectivity index (χ1n) is 9.75. The van der Waals surface area contributed by atoms with Crippen molar-refractivity contribution in [2.75, 3.05) is 6.61 Å². The van der Waals surface area contributed by atoms with Gasteiger partial charge in [0.2, 0.25) is 5.91 Å². The summed E-state index contributed by atoms with van der Waals surface area (Å²) in [7, 11) is 0. The zero-order chi connectivity index (χ0) is 21.6. The van der Waals surface area contributed by atoms with Gasteiger partial charge in [0.25, 0.3) is 5.56 Å². The van der Waals surface area contributed by atoms with Gasteiger partial charge in [-0.25, -0.2) is 4.98 Å². The van der Waals surface area contributed by atoms with Gasteiger partial charge in [0.05, 0.1) is 16.9 Å². The number of benzene rings is 3. The topological polar surface area (TPSA) is 84.1 Å². The molecule has 6 nitrogen and oxygen atoms in total. The number of carbonyl (C=O) groups is 1. The fraction of sp³-hybridized carbons (Fsp3) is 0.125. The van der Waals surface area contributed by atoms with Crippen LogP contribution in [0.4, 0.5) is 0 Å². The molecule has 0 fully saturated rings. The molecular weight excluding hydrogens is 414 g/mol. The lowest BCUT2D eigenvalue weighted by Crippen LogP contribution is -2.32. The van der Waals surface area contributed by atoms with E-state index in [2.05, 4.69) is 15.3 Å². The van der Waals surface area contributed by atoms with E-state index in [9.17, 15) is 9.59 Å². The molecule has 1 amide bonds. The highest BCUT2D eigenvalue weighted by atomic mass is 35.5. The number of hydrogen-bond acceptors (Lipinski definition) is 4. The first-order valence-corrected chi connectivity index (χ1v) is 10.1. The molecule has 0 bridgehead atoms. The monoisotopic (exact) mass is 433 g/mol. The summed E-state index contributed by atoms with van der Waals surface area (Å²) < 4.78 is 5.51. The predicted octanol–water partition coefficient (Wildman–Crippen LogP) is 4.00. The van der Waals surface area contributed by atoms with E-state index in [1.807, 2.05) is 48.5 Å². The Bertz CT molecular complexity index is 1240. The van der Waals surface area contributed by atoms with Crippen LogP contribution in [0.15, 0.2) is 83.7 Å². The van der Waals surface area contributed by atoms with Crippen molar-refractivity contribution in [3.05, 3.63) is 111 Å². The summed E-state index contributed by atoms with van der Waals surface area (Å²) in [6.45, 7) is -0.155. The molecule has 1 aromatic heterocycles. The SMILES string of the molecule is O=C(COCc1nc2ccccc2c(=O)[nH]1)N[C@H](c1ccccc1)c1ccc(Cl)cc1. The molecule has 0 unspecified atom stereocenters. The Hall–Kier alpha value is -3.48. The average molecular weight is 434 g/mol. The number of aromatic amines is 1. The number of amides is 1.